The lowest BCUT2D eigenvalue weighted by atomic mass is 10.1. The van der Waals surface area contributed by atoms with Crippen molar-refractivity contribution in [3.05, 3.63) is 49.1 Å². The Morgan fingerprint density at radius 3 is 2.50 bits per heavy atom. The van der Waals surface area contributed by atoms with Crippen LogP contribution in [0.1, 0.15) is 18.2 Å². The largest absolute Gasteiger partial charge is 0.445 e. The van der Waals surface area contributed by atoms with Crippen LogP contribution in [0.4, 0.5) is 0 Å². The predicted octanol–water partition coefficient (Wildman–Crippen LogP) is 2.01. The Hall–Kier alpha value is -2.94. The van der Waals surface area contributed by atoms with E-state index in [1.165, 1.54) is 10.9 Å². The molecule has 0 aliphatic heterocycles. The van der Waals surface area contributed by atoms with E-state index in [1.807, 2.05) is 24.3 Å². The molecular weight excluding hydrogens is 356 g/mol. The van der Waals surface area contributed by atoms with Gasteiger partial charge in [-0.05, 0) is 24.1 Å². The first kappa shape index (κ1) is 17.9. The van der Waals surface area contributed by atoms with Crippen molar-refractivity contribution in [2.75, 3.05) is 6.26 Å². The second-order valence-corrected chi connectivity index (χ2v) is 8.12. The van der Waals surface area contributed by atoms with Gasteiger partial charge in [0, 0.05) is 30.0 Å². The highest BCUT2D eigenvalue weighted by atomic mass is 32.2. The molecule has 0 fully saturated rings. The Kier molecular flexibility index (Phi) is 4.90. The molecular formula is C17H18N4O4S. The average Bonchev–Trinajstić information content (AvgIpc) is 3.26. The van der Waals surface area contributed by atoms with E-state index in [2.05, 4.69) is 10.1 Å². The van der Waals surface area contributed by atoms with Crippen molar-refractivity contribution < 1.29 is 17.6 Å². The van der Waals surface area contributed by atoms with E-state index in [-0.39, 0.29) is 12.8 Å². The molecule has 3 aromatic rings. The number of benzene rings is 1. The fourth-order valence-electron chi connectivity index (χ4n) is 2.62. The highest BCUT2D eigenvalue weighted by Crippen LogP contribution is 2.26. The summed E-state index contributed by atoms with van der Waals surface area (Å²) in [6.45, 7) is 0. The summed E-state index contributed by atoms with van der Waals surface area (Å²) in [4.78, 5) is 15.1. The number of nitrogens with zero attached hydrogens (tertiary/aromatic N) is 3. The van der Waals surface area contributed by atoms with Gasteiger partial charge < -0.3 is 10.2 Å². The lowest BCUT2D eigenvalue weighted by Gasteiger charge is -2.14. The normalized spacial score (nSPS) is 12.8. The lowest BCUT2D eigenvalue weighted by molar-refractivity contribution is -0.118. The SMILES string of the molecule is CS(=O)(=O)C(CCC(N)=O)n1cc(-c2ccc(-c3ncco3)cc2)cn1. The van der Waals surface area contributed by atoms with Crippen molar-refractivity contribution in [3.63, 3.8) is 0 Å². The van der Waals surface area contributed by atoms with Crippen molar-refractivity contribution in [3.8, 4) is 22.6 Å². The van der Waals surface area contributed by atoms with Gasteiger partial charge in [0.05, 0.1) is 12.4 Å². The van der Waals surface area contributed by atoms with Gasteiger partial charge in [0.25, 0.3) is 0 Å². The van der Waals surface area contributed by atoms with Crippen LogP contribution in [0.3, 0.4) is 0 Å². The van der Waals surface area contributed by atoms with Crippen LogP contribution in [-0.2, 0) is 14.6 Å². The fourth-order valence-corrected chi connectivity index (χ4v) is 3.68. The van der Waals surface area contributed by atoms with E-state index in [0.29, 0.717) is 5.89 Å². The Labute approximate surface area is 150 Å². The minimum absolute atomic E-state index is 0.0300. The molecule has 0 spiro atoms. The maximum absolute atomic E-state index is 12.0. The van der Waals surface area contributed by atoms with E-state index in [1.54, 1.807) is 18.6 Å². The summed E-state index contributed by atoms with van der Waals surface area (Å²) in [6.07, 6.45) is 7.48. The molecule has 9 heteroatoms. The zero-order valence-corrected chi connectivity index (χ0v) is 14.9. The van der Waals surface area contributed by atoms with Crippen LogP contribution in [0, 0.1) is 0 Å². The number of oxazole rings is 1. The number of nitrogens with two attached hydrogens (primary N) is 1. The molecule has 0 radical (unpaired) electrons. The number of aromatic nitrogens is 3. The lowest BCUT2D eigenvalue weighted by Crippen LogP contribution is -2.22. The van der Waals surface area contributed by atoms with E-state index in [9.17, 15) is 13.2 Å². The summed E-state index contributed by atoms with van der Waals surface area (Å²) in [6, 6.07) is 7.47. The molecule has 136 valence electrons. The van der Waals surface area contributed by atoms with Gasteiger partial charge in [0.15, 0.2) is 15.2 Å². The first-order valence-corrected chi connectivity index (χ1v) is 9.81. The van der Waals surface area contributed by atoms with Crippen LogP contribution in [0.15, 0.2) is 53.5 Å². The number of rotatable bonds is 7. The fraction of sp³-hybridized carbons (Fsp3) is 0.235. The predicted molar refractivity (Wildman–Crippen MR) is 95.5 cm³/mol. The first-order chi connectivity index (χ1) is 12.3. The van der Waals surface area contributed by atoms with Crippen LogP contribution in [0.5, 0.6) is 0 Å². The number of primary amides is 1. The molecule has 3 rings (SSSR count). The summed E-state index contributed by atoms with van der Waals surface area (Å²) >= 11 is 0. The van der Waals surface area contributed by atoms with Crippen LogP contribution >= 0.6 is 0 Å². The van der Waals surface area contributed by atoms with Gasteiger partial charge in [0.2, 0.25) is 11.8 Å². The monoisotopic (exact) mass is 374 g/mol. The molecule has 8 nitrogen and oxygen atoms in total. The number of carbonyl (C=O) groups excluding carboxylic acids is 1. The van der Waals surface area contributed by atoms with E-state index in [4.69, 9.17) is 10.2 Å². The molecule has 1 amide bonds. The molecule has 1 unspecified atom stereocenters. The Morgan fingerprint density at radius 1 is 1.23 bits per heavy atom. The number of sulfone groups is 1. The maximum atomic E-state index is 12.0. The molecule has 0 saturated heterocycles. The highest BCUT2D eigenvalue weighted by molar-refractivity contribution is 7.90. The molecule has 26 heavy (non-hydrogen) atoms. The number of carbonyl (C=O) groups is 1. The van der Waals surface area contributed by atoms with Crippen molar-refractivity contribution in [2.45, 2.75) is 18.2 Å². The van der Waals surface area contributed by atoms with Crippen molar-refractivity contribution >= 4 is 15.7 Å². The van der Waals surface area contributed by atoms with Gasteiger partial charge in [-0.1, -0.05) is 12.1 Å². The van der Waals surface area contributed by atoms with Crippen LogP contribution in [-0.4, -0.2) is 35.3 Å². The van der Waals surface area contributed by atoms with Gasteiger partial charge >= 0.3 is 0 Å². The Morgan fingerprint density at radius 2 is 1.92 bits per heavy atom. The molecule has 1 atom stereocenters. The second-order valence-electron chi connectivity index (χ2n) is 5.91. The third kappa shape index (κ3) is 3.99. The van der Waals surface area contributed by atoms with Crippen LogP contribution in [0.25, 0.3) is 22.6 Å². The third-order valence-corrected chi connectivity index (χ3v) is 5.37. The summed E-state index contributed by atoms with van der Waals surface area (Å²) in [5, 5.41) is 3.23. The quantitative estimate of drug-likeness (QED) is 0.675. The molecule has 2 N–H and O–H groups in total. The van der Waals surface area contributed by atoms with E-state index in [0.717, 1.165) is 22.9 Å². The molecule has 1 aromatic carbocycles. The molecule has 2 aromatic heterocycles. The Bertz CT molecular complexity index is 992. The van der Waals surface area contributed by atoms with Crippen molar-refractivity contribution in [1.82, 2.24) is 14.8 Å². The number of hydrogen-bond acceptors (Lipinski definition) is 6. The maximum Gasteiger partial charge on any atom is 0.225 e. The van der Waals surface area contributed by atoms with Gasteiger partial charge in [-0.2, -0.15) is 5.10 Å². The smallest absolute Gasteiger partial charge is 0.225 e. The summed E-state index contributed by atoms with van der Waals surface area (Å²) in [5.74, 6) is -0.0241. The topological polar surface area (TPSA) is 121 Å². The van der Waals surface area contributed by atoms with Gasteiger partial charge in [-0.25, -0.2) is 13.4 Å². The molecule has 0 bridgehead atoms. The number of hydrogen-bond donors (Lipinski definition) is 1. The zero-order valence-electron chi connectivity index (χ0n) is 14.1. The van der Waals surface area contributed by atoms with Crippen molar-refractivity contribution in [2.24, 2.45) is 5.73 Å². The third-order valence-electron chi connectivity index (χ3n) is 3.93. The summed E-state index contributed by atoms with van der Waals surface area (Å²) in [7, 11) is -3.45. The zero-order chi connectivity index (χ0) is 18.7. The Balaban J connectivity index is 1.85. The van der Waals surface area contributed by atoms with Crippen molar-refractivity contribution in [1.29, 1.82) is 0 Å². The summed E-state index contributed by atoms with van der Waals surface area (Å²) in [5.41, 5.74) is 7.60. The minimum Gasteiger partial charge on any atom is -0.445 e. The first-order valence-electron chi connectivity index (χ1n) is 7.86. The second kappa shape index (κ2) is 7.12. The summed E-state index contributed by atoms with van der Waals surface area (Å²) < 4.78 is 30.7. The molecule has 0 aliphatic carbocycles. The minimum atomic E-state index is -3.45. The van der Waals surface area contributed by atoms with Gasteiger partial charge in [-0.15, -0.1) is 0 Å². The number of amides is 1. The standard InChI is InChI=1S/C17H18N4O4S/c1-26(23,24)16(7-6-15(18)22)21-11-14(10-20-21)12-2-4-13(5-3-12)17-19-8-9-25-17/h2-5,8-11,16H,6-7H2,1H3,(H2,18,22). The van der Waals surface area contributed by atoms with Gasteiger partial charge in [0.1, 0.15) is 6.26 Å². The highest BCUT2D eigenvalue weighted by Gasteiger charge is 2.24. The van der Waals surface area contributed by atoms with Crippen LogP contribution < -0.4 is 5.73 Å². The molecule has 0 saturated carbocycles. The average molecular weight is 374 g/mol. The van der Waals surface area contributed by atoms with E-state index >= 15 is 0 Å². The molecule has 2 heterocycles. The molecule has 0 aliphatic rings. The van der Waals surface area contributed by atoms with E-state index < -0.39 is 21.1 Å². The van der Waals surface area contributed by atoms with Gasteiger partial charge in [-0.3, -0.25) is 9.48 Å². The van der Waals surface area contributed by atoms with Crippen LogP contribution in [0.2, 0.25) is 0 Å².